The molecule has 0 N–H and O–H groups in total. The summed E-state index contributed by atoms with van der Waals surface area (Å²) in [5.41, 5.74) is -2.96. The normalized spacial score (nSPS) is 12.8. The Balaban J connectivity index is 3.21. The SMILES string of the molecule is [O]CCCc1ccc(C(F)(F)F)cc1C(F)(F)F. The largest absolute Gasteiger partial charge is 0.416 e. The minimum atomic E-state index is -4.86. The maximum absolute atomic E-state index is 12.6. The van der Waals surface area contributed by atoms with Crippen LogP contribution in [-0.4, -0.2) is 6.61 Å². The third-order valence-corrected chi connectivity index (χ3v) is 2.33. The minimum Gasteiger partial charge on any atom is -0.237 e. The molecule has 0 bridgehead atoms. The first-order chi connectivity index (χ1) is 8.16. The molecule has 0 aliphatic carbocycles. The second-order valence-electron chi connectivity index (χ2n) is 3.68. The molecule has 1 rings (SSSR count). The Morgan fingerprint density at radius 1 is 0.944 bits per heavy atom. The van der Waals surface area contributed by atoms with Gasteiger partial charge in [0.1, 0.15) is 0 Å². The van der Waals surface area contributed by atoms with Crippen LogP contribution in [0.25, 0.3) is 0 Å². The van der Waals surface area contributed by atoms with Crippen LogP contribution in [0.15, 0.2) is 18.2 Å². The maximum Gasteiger partial charge on any atom is 0.416 e. The molecule has 0 fully saturated rings. The lowest BCUT2D eigenvalue weighted by Crippen LogP contribution is -2.13. The van der Waals surface area contributed by atoms with Crippen molar-refractivity contribution in [2.75, 3.05) is 6.61 Å². The Morgan fingerprint density at radius 3 is 2.00 bits per heavy atom. The predicted molar refractivity (Wildman–Crippen MR) is 50.3 cm³/mol. The van der Waals surface area contributed by atoms with Crippen molar-refractivity contribution in [1.82, 2.24) is 0 Å². The number of alkyl halides is 6. The van der Waals surface area contributed by atoms with Crippen LogP contribution in [0.4, 0.5) is 26.3 Å². The second-order valence-corrected chi connectivity index (χ2v) is 3.68. The Hall–Kier alpha value is -1.24. The molecule has 7 heteroatoms. The van der Waals surface area contributed by atoms with Gasteiger partial charge < -0.3 is 0 Å². The summed E-state index contributed by atoms with van der Waals surface area (Å²) in [6, 6.07) is 1.46. The first-order valence-corrected chi connectivity index (χ1v) is 5.01. The molecular formula is C11H9F6O. The van der Waals surface area contributed by atoms with Gasteiger partial charge in [-0.25, -0.2) is 5.11 Å². The van der Waals surface area contributed by atoms with E-state index in [-0.39, 0.29) is 24.5 Å². The molecule has 0 saturated heterocycles. The molecule has 101 valence electrons. The molecule has 0 heterocycles. The van der Waals surface area contributed by atoms with Gasteiger partial charge >= 0.3 is 12.4 Å². The Morgan fingerprint density at radius 2 is 1.56 bits per heavy atom. The highest BCUT2D eigenvalue weighted by Gasteiger charge is 2.37. The first kappa shape index (κ1) is 14.8. The van der Waals surface area contributed by atoms with Gasteiger partial charge in [0.25, 0.3) is 0 Å². The van der Waals surface area contributed by atoms with Crippen LogP contribution in [-0.2, 0) is 23.9 Å². The number of halogens is 6. The Bertz CT molecular complexity index is 407. The second kappa shape index (κ2) is 5.17. The van der Waals surface area contributed by atoms with Crippen molar-refractivity contribution in [3.05, 3.63) is 34.9 Å². The molecule has 1 aromatic carbocycles. The highest BCUT2D eigenvalue weighted by molar-refractivity contribution is 5.35. The summed E-state index contributed by atoms with van der Waals surface area (Å²) in [6.45, 7) is -0.571. The molecule has 0 spiro atoms. The summed E-state index contributed by atoms with van der Waals surface area (Å²) in [4.78, 5) is 0. The third-order valence-electron chi connectivity index (χ3n) is 2.33. The van der Waals surface area contributed by atoms with Gasteiger partial charge in [0, 0.05) is 0 Å². The van der Waals surface area contributed by atoms with Gasteiger partial charge in [-0.05, 0) is 30.5 Å². The molecule has 0 saturated carbocycles. The van der Waals surface area contributed by atoms with Crippen molar-refractivity contribution in [3.63, 3.8) is 0 Å². The zero-order valence-electron chi connectivity index (χ0n) is 9.03. The highest BCUT2D eigenvalue weighted by Crippen LogP contribution is 2.37. The molecule has 0 aliphatic heterocycles. The predicted octanol–water partition coefficient (Wildman–Crippen LogP) is 4.09. The zero-order chi connectivity index (χ0) is 14.0. The summed E-state index contributed by atoms with van der Waals surface area (Å²) in [5, 5.41) is 10.2. The van der Waals surface area contributed by atoms with Crippen LogP contribution in [0, 0.1) is 0 Å². The van der Waals surface area contributed by atoms with Gasteiger partial charge in [-0.1, -0.05) is 6.07 Å². The van der Waals surface area contributed by atoms with Crippen LogP contribution >= 0.6 is 0 Å². The number of benzene rings is 1. The van der Waals surface area contributed by atoms with Crippen molar-refractivity contribution in [2.45, 2.75) is 25.2 Å². The summed E-state index contributed by atoms with van der Waals surface area (Å²) in [7, 11) is 0. The Labute approximate surface area is 99.0 Å². The molecule has 1 aromatic rings. The number of hydrogen-bond acceptors (Lipinski definition) is 0. The zero-order valence-corrected chi connectivity index (χ0v) is 9.03. The summed E-state index contributed by atoms with van der Waals surface area (Å²) in [6.07, 6.45) is -9.92. The third kappa shape index (κ3) is 3.63. The molecule has 1 radical (unpaired) electrons. The summed E-state index contributed by atoms with van der Waals surface area (Å²) in [5.74, 6) is 0. The molecular weight excluding hydrogens is 262 g/mol. The van der Waals surface area contributed by atoms with Crippen molar-refractivity contribution in [3.8, 4) is 0 Å². The van der Waals surface area contributed by atoms with Crippen molar-refractivity contribution < 1.29 is 31.4 Å². The van der Waals surface area contributed by atoms with Crippen molar-refractivity contribution in [2.24, 2.45) is 0 Å². The van der Waals surface area contributed by atoms with E-state index in [0.29, 0.717) is 6.07 Å². The molecule has 0 aromatic heterocycles. The molecule has 18 heavy (non-hydrogen) atoms. The van der Waals surface area contributed by atoms with E-state index in [1.54, 1.807) is 0 Å². The lowest BCUT2D eigenvalue weighted by molar-refractivity contribution is -0.143. The van der Waals surface area contributed by atoms with Crippen molar-refractivity contribution >= 4 is 0 Å². The molecule has 0 atom stereocenters. The minimum absolute atomic E-state index is 0.0472. The maximum atomic E-state index is 12.6. The van der Waals surface area contributed by atoms with Gasteiger partial charge in [-0.2, -0.15) is 26.3 Å². The van der Waals surface area contributed by atoms with Crippen LogP contribution in [0.2, 0.25) is 0 Å². The van der Waals surface area contributed by atoms with E-state index in [9.17, 15) is 31.4 Å². The lowest BCUT2D eigenvalue weighted by atomic mass is 9.99. The van der Waals surface area contributed by atoms with Gasteiger partial charge in [0.2, 0.25) is 0 Å². The van der Waals surface area contributed by atoms with E-state index in [1.807, 2.05) is 0 Å². The topological polar surface area (TPSA) is 19.9 Å². The molecule has 1 nitrogen and oxygen atoms in total. The fourth-order valence-electron chi connectivity index (χ4n) is 1.50. The fraction of sp³-hybridized carbons (Fsp3) is 0.455. The van der Waals surface area contributed by atoms with Crippen LogP contribution in [0.3, 0.4) is 0 Å². The number of rotatable bonds is 3. The van der Waals surface area contributed by atoms with Gasteiger partial charge in [0.05, 0.1) is 17.7 Å². The van der Waals surface area contributed by atoms with Crippen LogP contribution < -0.4 is 0 Å². The summed E-state index contributed by atoms with van der Waals surface area (Å²) >= 11 is 0. The summed E-state index contributed by atoms with van der Waals surface area (Å²) < 4.78 is 74.8. The van der Waals surface area contributed by atoms with Gasteiger partial charge in [0.15, 0.2) is 0 Å². The number of aryl methyl sites for hydroxylation is 1. The molecule has 0 aliphatic rings. The Kier molecular flexibility index (Phi) is 4.26. The number of hydrogen-bond donors (Lipinski definition) is 0. The van der Waals surface area contributed by atoms with Crippen LogP contribution in [0.5, 0.6) is 0 Å². The monoisotopic (exact) mass is 271 g/mol. The van der Waals surface area contributed by atoms with Gasteiger partial charge in [-0.15, -0.1) is 0 Å². The molecule has 0 unspecified atom stereocenters. The average molecular weight is 271 g/mol. The van der Waals surface area contributed by atoms with E-state index in [0.717, 1.165) is 6.07 Å². The van der Waals surface area contributed by atoms with Crippen molar-refractivity contribution in [1.29, 1.82) is 0 Å². The van der Waals surface area contributed by atoms with E-state index in [1.165, 1.54) is 0 Å². The lowest BCUT2D eigenvalue weighted by Gasteiger charge is -2.15. The molecule has 0 amide bonds. The van der Waals surface area contributed by atoms with E-state index in [2.05, 4.69) is 0 Å². The van der Waals surface area contributed by atoms with E-state index in [4.69, 9.17) is 0 Å². The van der Waals surface area contributed by atoms with Crippen LogP contribution in [0.1, 0.15) is 23.1 Å². The van der Waals surface area contributed by atoms with E-state index < -0.39 is 30.1 Å². The highest BCUT2D eigenvalue weighted by atomic mass is 19.4. The average Bonchev–Trinajstić information content (AvgIpc) is 2.23. The quantitative estimate of drug-likeness (QED) is 0.738. The smallest absolute Gasteiger partial charge is 0.237 e. The first-order valence-electron chi connectivity index (χ1n) is 5.01. The standard InChI is InChI=1S/C11H9F6O/c12-10(13,14)8-4-3-7(2-1-5-18)9(6-8)11(15,16)17/h3-4,6H,1-2,5H2. The van der Waals surface area contributed by atoms with Gasteiger partial charge in [-0.3, -0.25) is 0 Å². The fourth-order valence-corrected chi connectivity index (χ4v) is 1.50. The van der Waals surface area contributed by atoms with E-state index >= 15 is 0 Å².